The summed E-state index contributed by atoms with van der Waals surface area (Å²) < 4.78 is 21.9. The molecule has 0 rings (SSSR count). The van der Waals surface area contributed by atoms with Crippen molar-refractivity contribution in [1.29, 1.82) is 0 Å². The van der Waals surface area contributed by atoms with E-state index in [1.54, 1.807) is 6.08 Å². The van der Waals surface area contributed by atoms with Crippen molar-refractivity contribution in [1.82, 2.24) is 5.32 Å². The first-order valence-corrected chi connectivity index (χ1v) is 20.4. The van der Waals surface area contributed by atoms with E-state index in [0.717, 1.165) is 38.5 Å². The molecule has 1 amide bonds. The van der Waals surface area contributed by atoms with Crippen molar-refractivity contribution in [3.05, 3.63) is 48.6 Å². The maximum absolute atomic E-state index is 12.7. The van der Waals surface area contributed by atoms with Crippen molar-refractivity contribution in [3.8, 4) is 0 Å². The van der Waals surface area contributed by atoms with Gasteiger partial charge in [0.25, 0.3) is 0 Å². The fourth-order valence-electron chi connectivity index (χ4n) is 5.06. The molecule has 0 aliphatic heterocycles. The number of phosphoric acid groups is 1. The molecule has 0 aliphatic carbocycles. The summed E-state index contributed by atoms with van der Waals surface area (Å²) in [5.41, 5.74) is 5.33. The Balaban J connectivity index is 4.37. The monoisotopic (exact) mass is 698 g/mol. The minimum atomic E-state index is -4.40. The summed E-state index contributed by atoms with van der Waals surface area (Å²) in [4.78, 5) is 22.6. The molecule has 0 radical (unpaired) electrons. The van der Waals surface area contributed by atoms with Crippen molar-refractivity contribution < 1.29 is 33.5 Å². The zero-order valence-electron chi connectivity index (χ0n) is 30.3. The summed E-state index contributed by atoms with van der Waals surface area (Å²) in [6, 6.07) is -0.999. The van der Waals surface area contributed by atoms with Crippen molar-refractivity contribution >= 4 is 13.7 Å². The van der Waals surface area contributed by atoms with E-state index in [2.05, 4.69) is 55.6 Å². The van der Waals surface area contributed by atoms with Gasteiger partial charge in [0.1, 0.15) is 0 Å². The summed E-state index contributed by atoms with van der Waals surface area (Å²) in [6.07, 6.45) is 36.4. The molecule has 0 bridgehead atoms. The van der Waals surface area contributed by atoms with Crippen LogP contribution in [0.1, 0.15) is 149 Å². The number of nitrogens with two attached hydrogens (primary N) is 1. The SMILES string of the molecule is CCCCC/C=C\C=C/CCCCCCCCCCC(O)CC(=O)NC(COP(=O)(O)OCCN)C(O)/C=C/CC/C=C/CCCCC. The Bertz CT molecular complexity index is 909. The van der Waals surface area contributed by atoms with Crippen LogP contribution in [-0.4, -0.2) is 59.0 Å². The Morgan fingerprint density at radius 2 is 1.25 bits per heavy atom. The molecule has 0 saturated heterocycles. The van der Waals surface area contributed by atoms with Crippen LogP contribution in [0, 0.1) is 0 Å². The summed E-state index contributed by atoms with van der Waals surface area (Å²) >= 11 is 0. The molecule has 9 nitrogen and oxygen atoms in total. The van der Waals surface area contributed by atoms with Crippen molar-refractivity contribution in [2.75, 3.05) is 19.8 Å². The van der Waals surface area contributed by atoms with Crippen molar-refractivity contribution in [2.45, 2.75) is 167 Å². The average molecular weight is 699 g/mol. The molecule has 4 unspecified atom stereocenters. The Kier molecular flexibility index (Phi) is 32.8. The molecule has 0 fully saturated rings. The highest BCUT2D eigenvalue weighted by Gasteiger charge is 2.27. The minimum Gasteiger partial charge on any atom is -0.393 e. The first-order chi connectivity index (χ1) is 23.3. The van der Waals surface area contributed by atoms with Gasteiger partial charge in [0.2, 0.25) is 5.91 Å². The van der Waals surface area contributed by atoms with Crippen LogP contribution in [0.4, 0.5) is 0 Å². The number of hydrogen-bond acceptors (Lipinski definition) is 7. The van der Waals surface area contributed by atoms with Crippen molar-refractivity contribution in [2.24, 2.45) is 5.73 Å². The summed E-state index contributed by atoms with van der Waals surface area (Å²) in [7, 11) is -4.40. The third-order valence-corrected chi connectivity index (χ3v) is 8.94. The molecule has 0 heterocycles. The van der Waals surface area contributed by atoms with Gasteiger partial charge >= 0.3 is 7.82 Å². The highest BCUT2D eigenvalue weighted by Crippen LogP contribution is 2.43. The lowest BCUT2D eigenvalue weighted by atomic mass is 10.0. The molecule has 0 aliphatic rings. The number of rotatable bonds is 34. The smallest absolute Gasteiger partial charge is 0.393 e. The molecule has 0 aromatic rings. The number of unbranched alkanes of at least 4 members (excludes halogenated alkanes) is 15. The largest absolute Gasteiger partial charge is 0.472 e. The van der Waals surface area contributed by atoms with Gasteiger partial charge in [-0.25, -0.2) is 4.57 Å². The lowest BCUT2D eigenvalue weighted by Gasteiger charge is -2.24. The molecule has 0 saturated carbocycles. The second-order valence-electron chi connectivity index (χ2n) is 12.6. The van der Waals surface area contributed by atoms with Crippen LogP contribution in [0.25, 0.3) is 0 Å². The topological polar surface area (TPSA) is 151 Å². The van der Waals surface area contributed by atoms with Crippen LogP contribution in [-0.2, 0) is 18.4 Å². The van der Waals surface area contributed by atoms with Crippen LogP contribution >= 0.6 is 7.82 Å². The number of carbonyl (C=O) groups excluding carboxylic acids is 1. The van der Waals surface area contributed by atoms with Gasteiger partial charge < -0.3 is 26.2 Å². The van der Waals surface area contributed by atoms with E-state index in [1.165, 1.54) is 77.0 Å². The van der Waals surface area contributed by atoms with Gasteiger partial charge in [-0.2, -0.15) is 0 Å². The Hall–Kier alpha value is -1.58. The fraction of sp³-hybridized carbons (Fsp3) is 0.763. The normalized spacial score (nSPS) is 15.5. The third-order valence-electron chi connectivity index (χ3n) is 7.96. The maximum Gasteiger partial charge on any atom is 0.472 e. The Labute approximate surface area is 293 Å². The molecular formula is C38H71N2O7P. The van der Waals surface area contributed by atoms with E-state index in [9.17, 15) is 24.5 Å². The van der Waals surface area contributed by atoms with Gasteiger partial charge in [-0.3, -0.25) is 13.8 Å². The van der Waals surface area contributed by atoms with Crippen LogP contribution in [0.2, 0.25) is 0 Å². The van der Waals surface area contributed by atoms with E-state index < -0.39 is 38.6 Å². The molecule has 4 atom stereocenters. The molecule has 6 N–H and O–H groups in total. The van der Waals surface area contributed by atoms with Crippen LogP contribution in [0.5, 0.6) is 0 Å². The number of phosphoric ester groups is 1. The minimum absolute atomic E-state index is 0.0418. The van der Waals surface area contributed by atoms with Crippen molar-refractivity contribution in [3.63, 3.8) is 0 Å². The fourth-order valence-corrected chi connectivity index (χ4v) is 5.82. The molecule has 0 aromatic heterocycles. The molecule has 0 aromatic carbocycles. The molecule has 0 spiro atoms. The molecule has 280 valence electrons. The summed E-state index contributed by atoms with van der Waals surface area (Å²) in [5, 5.41) is 23.8. The number of aliphatic hydroxyl groups excluding tert-OH is 2. The Morgan fingerprint density at radius 1 is 0.729 bits per heavy atom. The van der Waals surface area contributed by atoms with Gasteiger partial charge in [-0.1, -0.05) is 133 Å². The van der Waals surface area contributed by atoms with E-state index in [1.807, 2.05) is 6.08 Å². The highest BCUT2D eigenvalue weighted by molar-refractivity contribution is 7.47. The summed E-state index contributed by atoms with van der Waals surface area (Å²) in [6.45, 7) is 3.83. The molecule has 10 heteroatoms. The van der Waals surface area contributed by atoms with Crippen LogP contribution in [0.3, 0.4) is 0 Å². The number of allylic oxidation sites excluding steroid dienone is 7. The zero-order valence-corrected chi connectivity index (χ0v) is 31.2. The number of carbonyl (C=O) groups is 1. The first kappa shape index (κ1) is 46.4. The van der Waals surface area contributed by atoms with E-state index in [-0.39, 0.29) is 19.6 Å². The number of amides is 1. The van der Waals surface area contributed by atoms with Crippen LogP contribution in [0.15, 0.2) is 48.6 Å². The van der Waals surface area contributed by atoms with E-state index >= 15 is 0 Å². The first-order valence-electron chi connectivity index (χ1n) is 18.9. The number of hydrogen-bond donors (Lipinski definition) is 5. The third kappa shape index (κ3) is 31.7. The average Bonchev–Trinajstić information content (AvgIpc) is 3.06. The van der Waals surface area contributed by atoms with Gasteiger partial charge in [-0.15, -0.1) is 0 Å². The molecule has 48 heavy (non-hydrogen) atoms. The highest BCUT2D eigenvalue weighted by atomic mass is 31.2. The number of nitrogens with one attached hydrogen (secondary N) is 1. The van der Waals surface area contributed by atoms with Gasteiger partial charge in [0.05, 0.1) is 37.9 Å². The quantitative estimate of drug-likeness (QED) is 0.0194. The summed E-state index contributed by atoms with van der Waals surface area (Å²) in [5.74, 6) is -0.466. The lowest BCUT2D eigenvalue weighted by Crippen LogP contribution is -2.46. The predicted molar refractivity (Wildman–Crippen MR) is 200 cm³/mol. The molecular weight excluding hydrogens is 627 g/mol. The second-order valence-corrected chi connectivity index (χ2v) is 14.1. The van der Waals surface area contributed by atoms with Gasteiger partial charge in [-0.05, 0) is 57.8 Å². The van der Waals surface area contributed by atoms with E-state index in [4.69, 9.17) is 14.8 Å². The second kappa shape index (κ2) is 33.9. The van der Waals surface area contributed by atoms with E-state index in [0.29, 0.717) is 12.8 Å². The lowest BCUT2D eigenvalue weighted by molar-refractivity contribution is -0.124. The Morgan fingerprint density at radius 3 is 1.85 bits per heavy atom. The number of aliphatic hydroxyl groups is 2. The van der Waals surface area contributed by atoms with Crippen LogP contribution < -0.4 is 11.1 Å². The zero-order chi connectivity index (χ0) is 35.6. The van der Waals surface area contributed by atoms with Gasteiger partial charge in [0.15, 0.2) is 0 Å². The standard InChI is InChI=1S/C38H71N2O7P/c1-3-5-7-9-11-13-14-15-16-17-18-19-20-22-23-25-27-29-35(41)33-38(43)40-36(34-47-48(44,45)46-32-31-39)37(42)30-28-26-24-21-12-10-8-6-4-2/h11-15,21,28,30,35-37,41-42H,3-10,16-20,22-27,29,31-34,39H2,1-2H3,(H,40,43)(H,44,45)/b13-11-,15-14-,21-12+,30-28+. The predicted octanol–water partition coefficient (Wildman–Crippen LogP) is 8.74. The van der Waals surface area contributed by atoms with Gasteiger partial charge in [0, 0.05) is 6.54 Å². The maximum atomic E-state index is 12.7.